The van der Waals surface area contributed by atoms with Crippen LogP contribution in [0.25, 0.3) is 11.1 Å². The summed E-state index contributed by atoms with van der Waals surface area (Å²) in [5.74, 6) is 0.541. The lowest BCUT2D eigenvalue weighted by Crippen LogP contribution is -2.37. The van der Waals surface area contributed by atoms with Crippen molar-refractivity contribution in [3.05, 3.63) is 28.0 Å². The van der Waals surface area contributed by atoms with Crippen LogP contribution in [-0.2, 0) is 6.54 Å². The molecular formula is C18H25N3O3. The second-order valence-electron chi connectivity index (χ2n) is 7.12. The Bertz CT molecular complexity index is 798. The van der Waals surface area contributed by atoms with Gasteiger partial charge in [-0.2, -0.15) is 0 Å². The number of nitrogens with one attached hydrogen (secondary N) is 1. The first-order valence-electron chi connectivity index (χ1n) is 8.76. The highest BCUT2D eigenvalue weighted by molar-refractivity contribution is 6.06. The Hall–Kier alpha value is -2.11. The Labute approximate surface area is 141 Å². The zero-order valence-corrected chi connectivity index (χ0v) is 14.6. The van der Waals surface area contributed by atoms with Gasteiger partial charge >= 0.3 is 0 Å². The van der Waals surface area contributed by atoms with E-state index in [-0.39, 0.29) is 23.2 Å². The summed E-state index contributed by atoms with van der Waals surface area (Å²) in [7, 11) is 0. The molecule has 1 amide bonds. The lowest BCUT2D eigenvalue weighted by Gasteiger charge is -2.22. The second-order valence-corrected chi connectivity index (χ2v) is 7.12. The van der Waals surface area contributed by atoms with E-state index >= 15 is 0 Å². The van der Waals surface area contributed by atoms with Gasteiger partial charge in [0.25, 0.3) is 11.5 Å². The fourth-order valence-electron chi connectivity index (χ4n) is 3.44. The number of carbonyl (C=O) groups is 1. The minimum Gasteiger partial charge on any atom is -0.442 e. The van der Waals surface area contributed by atoms with Gasteiger partial charge in [-0.1, -0.05) is 33.1 Å². The molecule has 1 fully saturated rings. The topological polar surface area (TPSA) is 77.1 Å². The maximum absolute atomic E-state index is 12.8. The third-order valence-corrected chi connectivity index (χ3v) is 4.58. The second kappa shape index (κ2) is 6.79. The molecule has 1 N–H and O–H groups in total. The quantitative estimate of drug-likeness (QED) is 0.934. The smallest absolute Gasteiger partial charge is 0.265 e. The predicted octanol–water partition coefficient (Wildman–Crippen LogP) is 3.02. The lowest BCUT2D eigenvalue weighted by atomic mass is 9.95. The van der Waals surface area contributed by atoms with Gasteiger partial charge in [-0.25, -0.2) is 4.98 Å². The Balaban J connectivity index is 1.98. The van der Waals surface area contributed by atoms with Crippen molar-refractivity contribution in [3.8, 4) is 0 Å². The predicted molar refractivity (Wildman–Crippen MR) is 92.2 cm³/mol. The van der Waals surface area contributed by atoms with Gasteiger partial charge in [0.05, 0.1) is 5.56 Å². The number of aromatic nitrogens is 2. The highest BCUT2D eigenvalue weighted by Gasteiger charge is 2.25. The number of carbonyl (C=O) groups excluding carboxylic acids is 1. The Morgan fingerprint density at radius 2 is 2.08 bits per heavy atom. The Kier molecular flexibility index (Phi) is 4.73. The van der Waals surface area contributed by atoms with Gasteiger partial charge in [-0.15, -0.1) is 0 Å². The molecule has 6 nitrogen and oxygen atoms in total. The van der Waals surface area contributed by atoms with Crippen LogP contribution < -0.4 is 10.9 Å². The van der Waals surface area contributed by atoms with E-state index in [1.54, 1.807) is 11.5 Å². The lowest BCUT2D eigenvalue weighted by molar-refractivity contribution is 0.0927. The molecule has 6 heteroatoms. The molecule has 0 aliphatic heterocycles. The molecule has 0 aromatic carbocycles. The summed E-state index contributed by atoms with van der Waals surface area (Å²) in [4.78, 5) is 29.7. The van der Waals surface area contributed by atoms with Crippen molar-refractivity contribution in [1.29, 1.82) is 0 Å². The molecule has 0 unspecified atom stereocenters. The van der Waals surface area contributed by atoms with E-state index in [0.717, 1.165) is 25.7 Å². The SMILES string of the molecule is Cc1oc2ncn(CC(C)C)c(=O)c2c1C(=O)NC1CCCCC1. The van der Waals surface area contributed by atoms with Gasteiger partial charge in [-0.3, -0.25) is 14.2 Å². The molecule has 3 rings (SSSR count). The minimum atomic E-state index is -0.223. The Morgan fingerprint density at radius 3 is 2.75 bits per heavy atom. The third kappa shape index (κ3) is 3.23. The van der Waals surface area contributed by atoms with Crippen molar-refractivity contribution in [2.24, 2.45) is 5.92 Å². The monoisotopic (exact) mass is 331 g/mol. The van der Waals surface area contributed by atoms with E-state index in [1.165, 1.54) is 12.7 Å². The first kappa shape index (κ1) is 16.7. The van der Waals surface area contributed by atoms with Crippen LogP contribution in [0, 0.1) is 12.8 Å². The van der Waals surface area contributed by atoms with Crippen LogP contribution >= 0.6 is 0 Å². The van der Waals surface area contributed by atoms with Crippen LogP contribution in [0.1, 0.15) is 62.1 Å². The van der Waals surface area contributed by atoms with Crippen molar-refractivity contribution < 1.29 is 9.21 Å². The summed E-state index contributed by atoms with van der Waals surface area (Å²) < 4.78 is 7.12. The van der Waals surface area contributed by atoms with E-state index in [9.17, 15) is 9.59 Å². The van der Waals surface area contributed by atoms with Crippen LogP contribution in [0.3, 0.4) is 0 Å². The Morgan fingerprint density at radius 1 is 1.38 bits per heavy atom. The van der Waals surface area contributed by atoms with E-state index in [1.807, 2.05) is 13.8 Å². The average molecular weight is 331 g/mol. The van der Waals surface area contributed by atoms with Crippen LogP contribution in [0.2, 0.25) is 0 Å². The number of amides is 1. The fraction of sp³-hybridized carbons (Fsp3) is 0.611. The molecule has 1 aliphatic rings. The van der Waals surface area contributed by atoms with Crippen LogP contribution in [0.4, 0.5) is 0 Å². The first-order chi connectivity index (χ1) is 11.5. The summed E-state index contributed by atoms with van der Waals surface area (Å²) >= 11 is 0. The fourth-order valence-corrected chi connectivity index (χ4v) is 3.44. The molecule has 2 aromatic heterocycles. The van der Waals surface area contributed by atoms with Crippen LogP contribution in [-0.4, -0.2) is 21.5 Å². The van der Waals surface area contributed by atoms with Crippen molar-refractivity contribution in [2.45, 2.75) is 65.5 Å². The van der Waals surface area contributed by atoms with Gasteiger partial charge in [-0.05, 0) is 25.7 Å². The summed E-state index contributed by atoms with van der Waals surface area (Å²) in [5.41, 5.74) is 0.372. The number of aryl methyl sites for hydroxylation is 1. The summed E-state index contributed by atoms with van der Waals surface area (Å²) in [6, 6.07) is 0.185. The highest BCUT2D eigenvalue weighted by atomic mass is 16.3. The average Bonchev–Trinajstić information content (AvgIpc) is 2.88. The van der Waals surface area contributed by atoms with Gasteiger partial charge in [0.2, 0.25) is 5.71 Å². The zero-order chi connectivity index (χ0) is 17.3. The number of hydrogen-bond donors (Lipinski definition) is 1. The molecule has 0 atom stereocenters. The van der Waals surface area contributed by atoms with Gasteiger partial charge in [0.15, 0.2) is 0 Å². The van der Waals surface area contributed by atoms with Crippen LogP contribution in [0.15, 0.2) is 15.5 Å². The van der Waals surface area contributed by atoms with Gasteiger partial charge in [0, 0.05) is 12.6 Å². The van der Waals surface area contributed by atoms with Crippen molar-refractivity contribution in [3.63, 3.8) is 0 Å². The first-order valence-corrected chi connectivity index (χ1v) is 8.76. The third-order valence-electron chi connectivity index (χ3n) is 4.58. The largest absolute Gasteiger partial charge is 0.442 e. The van der Waals surface area contributed by atoms with E-state index in [4.69, 9.17) is 4.42 Å². The van der Waals surface area contributed by atoms with E-state index in [0.29, 0.717) is 29.2 Å². The zero-order valence-electron chi connectivity index (χ0n) is 14.6. The molecule has 2 heterocycles. The van der Waals surface area contributed by atoms with Crippen molar-refractivity contribution in [1.82, 2.24) is 14.9 Å². The maximum atomic E-state index is 12.8. The molecule has 0 spiro atoms. The number of hydrogen-bond acceptors (Lipinski definition) is 4. The van der Waals surface area contributed by atoms with E-state index < -0.39 is 0 Å². The molecular weight excluding hydrogens is 306 g/mol. The molecule has 24 heavy (non-hydrogen) atoms. The van der Waals surface area contributed by atoms with Crippen molar-refractivity contribution >= 4 is 17.0 Å². The van der Waals surface area contributed by atoms with Crippen LogP contribution in [0.5, 0.6) is 0 Å². The van der Waals surface area contributed by atoms with Gasteiger partial charge < -0.3 is 9.73 Å². The number of rotatable bonds is 4. The minimum absolute atomic E-state index is 0.185. The molecule has 0 saturated heterocycles. The van der Waals surface area contributed by atoms with E-state index in [2.05, 4.69) is 10.3 Å². The molecule has 0 bridgehead atoms. The number of fused-ring (bicyclic) bond motifs is 1. The molecule has 0 radical (unpaired) electrons. The van der Waals surface area contributed by atoms with Crippen molar-refractivity contribution in [2.75, 3.05) is 0 Å². The summed E-state index contributed by atoms with van der Waals surface area (Å²) in [6.45, 7) is 6.35. The molecule has 2 aromatic rings. The number of furan rings is 1. The highest BCUT2D eigenvalue weighted by Crippen LogP contribution is 2.23. The number of nitrogens with zero attached hydrogens (tertiary/aromatic N) is 2. The molecule has 1 aliphatic carbocycles. The molecule has 1 saturated carbocycles. The maximum Gasteiger partial charge on any atom is 0.265 e. The van der Waals surface area contributed by atoms with Gasteiger partial charge in [0.1, 0.15) is 17.5 Å². The summed E-state index contributed by atoms with van der Waals surface area (Å²) in [5, 5.41) is 3.36. The summed E-state index contributed by atoms with van der Waals surface area (Å²) in [6.07, 6.45) is 6.99. The normalized spacial score (nSPS) is 16.0. The molecule has 130 valence electrons. The standard InChI is InChI=1S/C18H25N3O3/c1-11(2)9-21-10-19-17-15(18(21)23)14(12(3)24-17)16(22)20-13-7-5-4-6-8-13/h10-11,13H,4-9H2,1-3H3,(H,20,22).